The van der Waals surface area contributed by atoms with E-state index in [1.165, 1.54) is 130 Å². The predicted octanol–water partition coefficient (Wildman–Crippen LogP) is 18.4. The van der Waals surface area contributed by atoms with Gasteiger partial charge in [0.15, 0.2) is 0 Å². The summed E-state index contributed by atoms with van der Waals surface area (Å²) < 4.78 is 5.07. The van der Waals surface area contributed by atoms with E-state index in [0.717, 1.165) is 5.69 Å². The first-order valence-corrected chi connectivity index (χ1v) is 23.6. The lowest BCUT2D eigenvalue weighted by atomic mass is 9.85. The molecule has 12 aromatic carbocycles. The van der Waals surface area contributed by atoms with E-state index in [0.29, 0.717) is 0 Å². The molecule has 0 amide bonds. The molecule has 14 aromatic rings. The number of rotatable bonds is 5. The molecule has 66 heavy (non-hydrogen) atoms. The first-order chi connectivity index (χ1) is 32.8. The zero-order chi connectivity index (χ0) is 43.3. The molecule has 0 saturated carbocycles. The molecule has 2 aromatic heterocycles. The number of para-hydroxylation sites is 3. The minimum Gasteiger partial charge on any atom is -0.309 e. The second kappa shape index (κ2) is 14.6. The molecule has 0 bridgehead atoms. The van der Waals surface area contributed by atoms with Crippen LogP contribution in [0.15, 0.2) is 237 Å². The molecular formula is C64H39NS. The average molecular weight is 854 g/mol. The Kier molecular flexibility index (Phi) is 8.22. The van der Waals surface area contributed by atoms with Gasteiger partial charge < -0.3 is 4.57 Å². The third-order valence-electron chi connectivity index (χ3n) is 14.0. The van der Waals surface area contributed by atoms with E-state index in [9.17, 15) is 0 Å². The Balaban J connectivity index is 1.02. The van der Waals surface area contributed by atoms with Crippen LogP contribution in [0.25, 0.3) is 135 Å². The topological polar surface area (TPSA) is 4.93 Å². The lowest BCUT2D eigenvalue weighted by Crippen LogP contribution is -1.96. The van der Waals surface area contributed by atoms with Crippen LogP contribution < -0.4 is 0 Å². The molecule has 2 heteroatoms. The second-order valence-electron chi connectivity index (χ2n) is 17.4. The van der Waals surface area contributed by atoms with Crippen molar-refractivity contribution in [3.63, 3.8) is 0 Å². The van der Waals surface area contributed by atoms with E-state index in [1.54, 1.807) is 0 Å². The van der Waals surface area contributed by atoms with Gasteiger partial charge in [-0.25, -0.2) is 0 Å². The van der Waals surface area contributed by atoms with Crippen LogP contribution in [0.1, 0.15) is 0 Å². The number of fused-ring (bicyclic) bond motifs is 10. The molecule has 0 fully saturated rings. The molecule has 0 aliphatic rings. The zero-order valence-electron chi connectivity index (χ0n) is 35.9. The van der Waals surface area contributed by atoms with E-state index >= 15 is 0 Å². The van der Waals surface area contributed by atoms with E-state index < -0.39 is 0 Å². The SMILES string of the molecule is c1ccc(-c2c3ccccc3c(-c3ccc4sc5c(-c6c7ccccc7c(-c7cccc8c9ccccc9n(-c9ccccc9)c78)c7ccccc67)cccc5c4c3)c3ccccc23)cc1. The Labute approximate surface area is 385 Å². The highest BCUT2D eigenvalue weighted by Crippen LogP contribution is 2.51. The third kappa shape index (κ3) is 5.40. The van der Waals surface area contributed by atoms with Crippen molar-refractivity contribution < 1.29 is 0 Å². The van der Waals surface area contributed by atoms with Gasteiger partial charge in [0.25, 0.3) is 0 Å². The van der Waals surface area contributed by atoms with E-state index in [4.69, 9.17) is 0 Å². The van der Waals surface area contributed by atoms with Crippen molar-refractivity contribution in [1.29, 1.82) is 0 Å². The first-order valence-electron chi connectivity index (χ1n) is 22.8. The maximum Gasteiger partial charge on any atom is 0.0619 e. The van der Waals surface area contributed by atoms with Gasteiger partial charge in [0.2, 0.25) is 0 Å². The maximum absolute atomic E-state index is 2.47. The summed E-state index contributed by atoms with van der Waals surface area (Å²) in [5.74, 6) is 0. The Morgan fingerprint density at radius 1 is 0.273 bits per heavy atom. The fourth-order valence-electron chi connectivity index (χ4n) is 11.3. The number of hydrogen-bond acceptors (Lipinski definition) is 1. The monoisotopic (exact) mass is 853 g/mol. The summed E-state index contributed by atoms with van der Waals surface area (Å²) in [5.41, 5.74) is 13.7. The molecule has 14 rings (SSSR count). The number of hydrogen-bond donors (Lipinski definition) is 0. The standard InChI is InChI=1S/C64H39NS/c1-3-19-40(20-4-1)59-44-24-7-9-26-46(44)60(47-27-10-8-25-45(47)59)41-37-38-58-56(39-41)53-33-18-35-55(64(53)66-58)62-50-30-13-11-28-48(50)61(49-29-12-14-31-51(49)62)54-34-17-32-52-43-23-15-16-36-57(43)65(63(52)54)42-21-5-2-6-22-42/h1-39H. The molecule has 2 heterocycles. The Morgan fingerprint density at radius 2 is 0.712 bits per heavy atom. The van der Waals surface area contributed by atoms with Crippen molar-refractivity contribution >= 4 is 96.4 Å². The van der Waals surface area contributed by atoms with Crippen molar-refractivity contribution in [3.05, 3.63) is 237 Å². The Bertz CT molecular complexity index is 4160. The van der Waals surface area contributed by atoms with Gasteiger partial charge in [-0.3, -0.25) is 0 Å². The van der Waals surface area contributed by atoms with Gasteiger partial charge >= 0.3 is 0 Å². The fourth-order valence-corrected chi connectivity index (χ4v) is 12.5. The smallest absolute Gasteiger partial charge is 0.0619 e. The molecule has 0 saturated heterocycles. The van der Waals surface area contributed by atoms with Gasteiger partial charge in [-0.15, -0.1) is 11.3 Å². The number of thiophene rings is 1. The molecule has 306 valence electrons. The lowest BCUT2D eigenvalue weighted by Gasteiger charge is -2.19. The van der Waals surface area contributed by atoms with Gasteiger partial charge in [-0.2, -0.15) is 0 Å². The average Bonchev–Trinajstić information content (AvgIpc) is 3.94. The van der Waals surface area contributed by atoms with Crippen LogP contribution in [0.5, 0.6) is 0 Å². The minimum absolute atomic E-state index is 1.16. The van der Waals surface area contributed by atoms with Crippen LogP contribution in [-0.2, 0) is 0 Å². The van der Waals surface area contributed by atoms with Gasteiger partial charge in [-0.05, 0) is 107 Å². The lowest BCUT2D eigenvalue weighted by molar-refractivity contribution is 1.18. The summed E-state index contributed by atoms with van der Waals surface area (Å²) >= 11 is 1.91. The summed E-state index contributed by atoms with van der Waals surface area (Å²) in [5, 5.41) is 15.2. The first kappa shape index (κ1) is 37.1. The van der Waals surface area contributed by atoms with Crippen molar-refractivity contribution in [2.45, 2.75) is 0 Å². The van der Waals surface area contributed by atoms with Gasteiger partial charge in [0.05, 0.1) is 11.0 Å². The quantitative estimate of drug-likeness (QED) is 0.152. The number of benzene rings is 12. The normalized spacial score (nSPS) is 11.9. The van der Waals surface area contributed by atoms with E-state index in [-0.39, 0.29) is 0 Å². The molecule has 0 unspecified atom stereocenters. The Hall–Kier alpha value is -8.30. The highest BCUT2D eigenvalue weighted by Gasteiger charge is 2.24. The molecule has 0 aliphatic carbocycles. The van der Waals surface area contributed by atoms with Crippen LogP contribution in [0.2, 0.25) is 0 Å². The summed E-state index contributed by atoms with van der Waals surface area (Å²) in [7, 11) is 0. The van der Waals surface area contributed by atoms with Crippen LogP contribution in [0.4, 0.5) is 0 Å². The van der Waals surface area contributed by atoms with Crippen molar-refractivity contribution in [2.75, 3.05) is 0 Å². The van der Waals surface area contributed by atoms with Crippen molar-refractivity contribution in [3.8, 4) is 50.2 Å². The summed E-state index contributed by atoms with van der Waals surface area (Å²) in [4.78, 5) is 0. The van der Waals surface area contributed by atoms with Crippen LogP contribution >= 0.6 is 11.3 Å². The zero-order valence-corrected chi connectivity index (χ0v) is 36.7. The molecule has 0 atom stereocenters. The largest absolute Gasteiger partial charge is 0.309 e. The van der Waals surface area contributed by atoms with Crippen molar-refractivity contribution in [1.82, 2.24) is 4.57 Å². The van der Waals surface area contributed by atoms with Gasteiger partial charge in [0, 0.05) is 47.8 Å². The van der Waals surface area contributed by atoms with Crippen LogP contribution in [0.3, 0.4) is 0 Å². The molecule has 0 aliphatic heterocycles. The molecule has 0 radical (unpaired) electrons. The molecule has 0 spiro atoms. The van der Waals surface area contributed by atoms with E-state index in [2.05, 4.69) is 241 Å². The van der Waals surface area contributed by atoms with Gasteiger partial charge in [-0.1, -0.05) is 206 Å². The molecular weight excluding hydrogens is 815 g/mol. The maximum atomic E-state index is 2.47. The summed E-state index contributed by atoms with van der Waals surface area (Å²) in [6.45, 7) is 0. The fraction of sp³-hybridized carbons (Fsp3) is 0. The van der Waals surface area contributed by atoms with E-state index in [1.807, 2.05) is 11.3 Å². The van der Waals surface area contributed by atoms with Crippen LogP contribution in [-0.4, -0.2) is 4.57 Å². The molecule has 0 N–H and O–H groups in total. The van der Waals surface area contributed by atoms with Crippen molar-refractivity contribution in [2.24, 2.45) is 0 Å². The minimum atomic E-state index is 1.16. The summed E-state index contributed by atoms with van der Waals surface area (Å²) in [6, 6.07) is 87.6. The number of aromatic nitrogens is 1. The Morgan fingerprint density at radius 3 is 1.30 bits per heavy atom. The predicted molar refractivity (Wildman–Crippen MR) is 285 cm³/mol. The summed E-state index contributed by atoms with van der Waals surface area (Å²) in [6.07, 6.45) is 0. The third-order valence-corrected chi connectivity index (χ3v) is 15.2. The second-order valence-corrected chi connectivity index (χ2v) is 18.5. The number of nitrogens with zero attached hydrogens (tertiary/aromatic N) is 1. The molecule has 1 nitrogen and oxygen atoms in total. The van der Waals surface area contributed by atoms with Gasteiger partial charge in [0.1, 0.15) is 0 Å². The highest BCUT2D eigenvalue weighted by atomic mass is 32.1. The highest BCUT2D eigenvalue weighted by molar-refractivity contribution is 7.26. The van der Waals surface area contributed by atoms with Crippen LogP contribution in [0, 0.1) is 0 Å².